The number of aliphatic hydroxyl groups excluding tert-OH is 1. The summed E-state index contributed by atoms with van der Waals surface area (Å²) < 4.78 is 3.68. The number of carbonyl (C=O) groups is 1. The van der Waals surface area contributed by atoms with E-state index in [4.69, 9.17) is 5.73 Å². The first-order chi connectivity index (χ1) is 15.8. The van der Waals surface area contributed by atoms with Crippen LogP contribution >= 0.6 is 27.5 Å². The molecule has 2 aromatic carbocycles. The number of H-pyrrole nitrogens is 1. The second-order valence-corrected chi connectivity index (χ2v) is 9.55. The number of hydrogen-bond donors (Lipinski definition) is 4. The molecule has 0 fully saturated rings. The third kappa shape index (κ3) is 4.59. The van der Waals surface area contributed by atoms with Crippen LogP contribution in [0.15, 0.2) is 50.7 Å². The molecular weight excluding hydrogens is 506 g/mol. The fourth-order valence-electron chi connectivity index (χ4n) is 3.83. The first-order valence-electron chi connectivity index (χ1n) is 10.4. The maximum absolute atomic E-state index is 13.3. The number of aryl methyl sites for hydroxylation is 1. The maximum Gasteiger partial charge on any atom is 0.271 e. The quantitative estimate of drug-likeness (QED) is 0.287. The van der Waals surface area contributed by atoms with Gasteiger partial charge in [-0.05, 0) is 73.3 Å². The molecule has 1 aromatic heterocycles. The summed E-state index contributed by atoms with van der Waals surface area (Å²) >= 11 is 4.68. The average molecular weight is 530 g/mol. The molecule has 0 radical (unpaired) electrons. The Morgan fingerprint density at radius 3 is 2.91 bits per heavy atom. The van der Waals surface area contributed by atoms with Crippen LogP contribution in [-0.4, -0.2) is 40.4 Å². The third-order valence-electron chi connectivity index (χ3n) is 5.51. The van der Waals surface area contributed by atoms with Crippen molar-refractivity contribution in [2.75, 3.05) is 23.4 Å². The molecule has 2 heterocycles. The van der Waals surface area contributed by atoms with Gasteiger partial charge in [0.25, 0.3) is 11.5 Å². The van der Waals surface area contributed by atoms with Crippen molar-refractivity contribution in [3.05, 3.63) is 73.5 Å². The fraction of sp³-hybridized carbons (Fsp3) is 0.261. The lowest BCUT2D eigenvalue weighted by molar-refractivity contribution is 0.0989. The van der Waals surface area contributed by atoms with Crippen molar-refractivity contribution in [3.8, 4) is 0 Å². The molecule has 0 spiro atoms. The van der Waals surface area contributed by atoms with Crippen LogP contribution in [0, 0.1) is 6.92 Å². The molecule has 1 unspecified atom stereocenters. The number of aliphatic hydroxyl groups is 1. The van der Waals surface area contributed by atoms with Crippen LogP contribution in [0.4, 0.5) is 16.4 Å². The van der Waals surface area contributed by atoms with Crippen LogP contribution < -0.4 is 21.5 Å². The Kier molecular flexibility index (Phi) is 6.68. The zero-order valence-electron chi connectivity index (χ0n) is 18.2. The van der Waals surface area contributed by atoms with Gasteiger partial charge in [-0.2, -0.15) is 0 Å². The van der Waals surface area contributed by atoms with E-state index < -0.39 is 6.04 Å². The van der Waals surface area contributed by atoms with E-state index in [0.717, 1.165) is 39.2 Å². The topological polar surface area (TPSA) is 124 Å². The minimum atomic E-state index is -0.416. The molecule has 1 aliphatic rings. The minimum absolute atomic E-state index is 0.0442. The van der Waals surface area contributed by atoms with E-state index in [9.17, 15) is 14.7 Å². The number of aromatic nitrogens is 1. The lowest BCUT2D eigenvalue weighted by atomic mass is 10.1. The monoisotopic (exact) mass is 529 g/mol. The van der Waals surface area contributed by atoms with E-state index in [1.165, 1.54) is 0 Å². The number of aromatic amines is 1. The molecule has 1 atom stereocenters. The minimum Gasteiger partial charge on any atom is -0.394 e. The highest BCUT2D eigenvalue weighted by molar-refractivity contribution is 9.10. The van der Waals surface area contributed by atoms with E-state index in [1.807, 2.05) is 36.1 Å². The van der Waals surface area contributed by atoms with Gasteiger partial charge >= 0.3 is 0 Å². The Balaban J connectivity index is 1.58. The molecule has 3 aromatic rings. The molecule has 33 heavy (non-hydrogen) atoms. The standard InChI is InChI=1S/C23H24BrN5O3S/c1-12-10-14(27-22-19(21(31)28-33-22)20(25)26-13(2)11-30)6-7-15(12)23(32)29-9-8-16-17(24)4-3-5-18(16)29/h3-7,10,13,27,30H,8-9,11H2,1-2H3,(H2,25,26)(H,28,31). The zero-order chi connectivity index (χ0) is 23.7. The summed E-state index contributed by atoms with van der Waals surface area (Å²) in [6.45, 7) is 4.06. The molecule has 172 valence electrons. The van der Waals surface area contributed by atoms with Gasteiger partial charge in [0.2, 0.25) is 0 Å². The molecular formula is C23H24BrN5O3S. The summed E-state index contributed by atoms with van der Waals surface area (Å²) in [5.41, 5.74) is 10.1. The SMILES string of the molecule is Cc1cc(Nc2s[nH]c(=O)c2C(N)=NC(C)CO)ccc1C(=O)N1CCc2c(Br)cccc21. The molecule has 1 aliphatic heterocycles. The molecule has 8 nitrogen and oxygen atoms in total. The summed E-state index contributed by atoms with van der Waals surface area (Å²) in [6, 6.07) is 10.9. The number of hydrogen-bond acceptors (Lipinski definition) is 6. The van der Waals surface area contributed by atoms with E-state index in [1.54, 1.807) is 19.1 Å². The molecule has 1 amide bonds. The Bertz CT molecular complexity index is 1300. The Morgan fingerprint density at radius 1 is 1.39 bits per heavy atom. The summed E-state index contributed by atoms with van der Waals surface area (Å²) in [4.78, 5) is 31.5. The molecule has 0 saturated carbocycles. The number of nitrogens with zero attached hydrogens (tertiary/aromatic N) is 2. The number of benzene rings is 2. The zero-order valence-corrected chi connectivity index (χ0v) is 20.6. The number of nitrogens with two attached hydrogens (primary N) is 1. The lowest BCUT2D eigenvalue weighted by Gasteiger charge is -2.19. The lowest BCUT2D eigenvalue weighted by Crippen LogP contribution is -2.29. The van der Waals surface area contributed by atoms with Crippen molar-refractivity contribution >= 4 is 55.6 Å². The smallest absolute Gasteiger partial charge is 0.271 e. The van der Waals surface area contributed by atoms with Gasteiger partial charge in [0.15, 0.2) is 0 Å². The first kappa shape index (κ1) is 23.2. The number of amides is 1. The van der Waals surface area contributed by atoms with Crippen molar-refractivity contribution in [2.45, 2.75) is 26.3 Å². The predicted molar refractivity (Wildman–Crippen MR) is 136 cm³/mol. The van der Waals surface area contributed by atoms with Gasteiger partial charge < -0.3 is 21.1 Å². The highest BCUT2D eigenvalue weighted by atomic mass is 79.9. The number of anilines is 3. The van der Waals surface area contributed by atoms with Gasteiger partial charge in [0, 0.05) is 28.0 Å². The van der Waals surface area contributed by atoms with Gasteiger partial charge in [-0.3, -0.25) is 19.0 Å². The molecule has 5 N–H and O–H groups in total. The number of fused-ring (bicyclic) bond motifs is 1. The Hall–Kier alpha value is -2.95. The van der Waals surface area contributed by atoms with Crippen LogP contribution in [0.5, 0.6) is 0 Å². The Labute approximate surface area is 203 Å². The summed E-state index contributed by atoms with van der Waals surface area (Å²) in [5.74, 6) is 0.0150. The van der Waals surface area contributed by atoms with E-state index in [-0.39, 0.29) is 29.5 Å². The van der Waals surface area contributed by atoms with Crippen LogP contribution in [0.3, 0.4) is 0 Å². The summed E-state index contributed by atoms with van der Waals surface area (Å²) in [7, 11) is 0. The van der Waals surface area contributed by atoms with Gasteiger partial charge in [0.05, 0.1) is 12.6 Å². The van der Waals surface area contributed by atoms with Crippen molar-refractivity contribution in [3.63, 3.8) is 0 Å². The third-order valence-corrected chi connectivity index (χ3v) is 7.05. The highest BCUT2D eigenvalue weighted by Gasteiger charge is 2.27. The fourth-order valence-corrected chi connectivity index (χ4v) is 5.15. The normalized spacial score (nSPS) is 14.3. The highest BCUT2D eigenvalue weighted by Crippen LogP contribution is 2.35. The van der Waals surface area contributed by atoms with Crippen molar-refractivity contribution < 1.29 is 9.90 Å². The molecule has 0 bridgehead atoms. The van der Waals surface area contributed by atoms with E-state index in [2.05, 4.69) is 30.6 Å². The maximum atomic E-state index is 13.3. The number of rotatable bonds is 6. The molecule has 4 rings (SSSR count). The van der Waals surface area contributed by atoms with Crippen molar-refractivity contribution in [2.24, 2.45) is 10.7 Å². The van der Waals surface area contributed by atoms with E-state index in [0.29, 0.717) is 22.8 Å². The Morgan fingerprint density at radius 2 is 2.18 bits per heavy atom. The van der Waals surface area contributed by atoms with Gasteiger partial charge in [-0.25, -0.2) is 0 Å². The summed E-state index contributed by atoms with van der Waals surface area (Å²) in [5, 5.41) is 12.9. The number of carbonyl (C=O) groups excluding carboxylic acids is 1. The first-order valence-corrected chi connectivity index (χ1v) is 12.0. The molecule has 10 heteroatoms. The number of halogens is 1. The predicted octanol–water partition coefficient (Wildman–Crippen LogP) is 3.54. The van der Waals surface area contributed by atoms with Gasteiger partial charge in [-0.1, -0.05) is 22.0 Å². The van der Waals surface area contributed by atoms with Crippen molar-refractivity contribution in [1.82, 2.24) is 4.37 Å². The van der Waals surface area contributed by atoms with E-state index >= 15 is 0 Å². The number of amidine groups is 1. The summed E-state index contributed by atoms with van der Waals surface area (Å²) in [6.07, 6.45) is 0.814. The molecule has 0 aliphatic carbocycles. The van der Waals surface area contributed by atoms with Crippen molar-refractivity contribution in [1.29, 1.82) is 0 Å². The van der Waals surface area contributed by atoms with Crippen LogP contribution in [0.1, 0.15) is 34.0 Å². The average Bonchev–Trinajstić information content (AvgIpc) is 3.37. The van der Waals surface area contributed by atoms with Crippen LogP contribution in [0.2, 0.25) is 0 Å². The molecule has 0 saturated heterocycles. The second-order valence-electron chi connectivity index (χ2n) is 7.88. The van der Waals surface area contributed by atoms with Crippen LogP contribution in [0.25, 0.3) is 0 Å². The van der Waals surface area contributed by atoms with Gasteiger partial charge in [0.1, 0.15) is 16.4 Å². The largest absolute Gasteiger partial charge is 0.394 e. The number of nitrogens with one attached hydrogen (secondary N) is 2. The van der Waals surface area contributed by atoms with Crippen LogP contribution in [-0.2, 0) is 6.42 Å². The number of aliphatic imine (C=N–C) groups is 1. The second kappa shape index (κ2) is 9.50. The van der Waals surface area contributed by atoms with Gasteiger partial charge in [-0.15, -0.1) is 0 Å².